The number of amides is 2. The van der Waals surface area contributed by atoms with E-state index in [2.05, 4.69) is 20.2 Å². The average molecular weight is 426 g/mol. The highest BCUT2D eigenvalue weighted by atomic mass is 16.5. The molecule has 31 heavy (non-hydrogen) atoms. The Balaban J connectivity index is 1.79. The Bertz CT molecular complexity index is 914. The SMILES string of the molecule is COc1ccc(CNC(=O)c2cnc(C)nc2C2CCCCN2CC(=O)N(C)C)cc1. The van der Waals surface area contributed by atoms with E-state index in [0.717, 1.165) is 37.1 Å². The fourth-order valence-corrected chi connectivity index (χ4v) is 3.74. The lowest BCUT2D eigenvalue weighted by Gasteiger charge is -2.36. The number of ether oxygens (including phenoxy) is 1. The molecule has 1 aliphatic rings. The van der Waals surface area contributed by atoms with Crippen LogP contribution in [0.2, 0.25) is 0 Å². The van der Waals surface area contributed by atoms with Crippen molar-refractivity contribution in [3.05, 3.63) is 53.1 Å². The van der Waals surface area contributed by atoms with Gasteiger partial charge < -0.3 is 15.0 Å². The number of nitrogens with one attached hydrogen (secondary N) is 1. The zero-order chi connectivity index (χ0) is 22.4. The number of likely N-dealkylation sites (tertiary alicyclic amines) is 1. The molecule has 1 aromatic heterocycles. The monoisotopic (exact) mass is 425 g/mol. The summed E-state index contributed by atoms with van der Waals surface area (Å²) in [6, 6.07) is 7.48. The lowest BCUT2D eigenvalue weighted by Crippen LogP contribution is -2.42. The van der Waals surface area contributed by atoms with E-state index < -0.39 is 0 Å². The highest BCUT2D eigenvalue weighted by Gasteiger charge is 2.30. The van der Waals surface area contributed by atoms with E-state index in [4.69, 9.17) is 4.74 Å². The molecule has 1 aromatic carbocycles. The van der Waals surface area contributed by atoms with E-state index in [1.807, 2.05) is 31.2 Å². The van der Waals surface area contributed by atoms with Gasteiger partial charge in [0.15, 0.2) is 0 Å². The van der Waals surface area contributed by atoms with Gasteiger partial charge in [0.1, 0.15) is 11.6 Å². The third-order valence-electron chi connectivity index (χ3n) is 5.56. The number of aromatic nitrogens is 2. The summed E-state index contributed by atoms with van der Waals surface area (Å²) in [5, 5.41) is 2.97. The van der Waals surface area contributed by atoms with Gasteiger partial charge in [0.05, 0.1) is 31.0 Å². The first kappa shape index (κ1) is 22.7. The topological polar surface area (TPSA) is 87.7 Å². The van der Waals surface area contributed by atoms with Crippen molar-refractivity contribution in [2.45, 2.75) is 38.8 Å². The van der Waals surface area contributed by atoms with E-state index in [0.29, 0.717) is 30.2 Å². The first-order valence-electron chi connectivity index (χ1n) is 10.6. The van der Waals surface area contributed by atoms with Crippen molar-refractivity contribution in [3.8, 4) is 5.75 Å². The number of benzene rings is 1. The zero-order valence-electron chi connectivity index (χ0n) is 18.7. The zero-order valence-corrected chi connectivity index (χ0v) is 18.7. The summed E-state index contributed by atoms with van der Waals surface area (Å²) in [7, 11) is 5.14. The van der Waals surface area contributed by atoms with E-state index >= 15 is 0 Å². The molecular formula is C23H31N5O3. The number of rotatable bonds is 7. The number of methoxy groups -OCH3 is 1. The van der Waals surface area contributed by atoms with Crippen LogP contribution >= 0.6 is 0 Å². The number of aryl methyl sites for hydroxylation is 1. The molecule has 2 amide bonds. The van der Waals surface area contributed by atoms with Crippen LogP contribution in [0.15, 0.2) is 30.5 Å². The second-order valence-electron chi connectivity index (χ2n) is 8.02. The minimum Gasteiger partial charge on any atom is -0.497 e. The van der Waals surface area contributed by atoms with Crippen LogP contribution in [0.4, 0.5) is 0 Å². The summed E-state index contributed by atoms with van der Waals surface area (Å²) < 4.78 is 5.17. The number of carbonyl (C=O) groups excluding carboxylic acids is 2. The van der Waals surface area contributed by atoms with Gasteiger partial charge in [-0.3, -0.25) is 14.5 Å². The highest BCUT2D eigenvalue weighted by Crippen LogP contribution is 2.31. The molecule has 0 spiro atoms. The van der Waals surface area contributed by atoms with E-state index in [9.17, 15) is 9.59 Å². The number of carbonyl (C=O) groups is 2. The molecule has 1 aliphatic heterocycles. The van der Waals surface area contributed by atoms with Crippen LogP contribution in [-0.2, 0) is 11.3 Å². The molecular weight excluding hydrogens is 394 g/mol. The quantitative estimate of drug-likeness (QED) is 0.733. The first-order valence-corrected chi connectivity index (χ1v) is 10.6. The molecule has 2 aromatic rings. The maximum Gasteiger partial charge on any atom is 0.255 e. The molecule has 166 valence electrons. The second-order valence-corrected chi connectivity index (χ2v) is 8.02. The van der Waals surface area contributed by atoms with Gasteiger partial charge in [-0.05, 0) is 44.0 Å². The molecule has 0 bridgehead atoms. The van der Waals surface area contributed by atoms with Gasteiger partial charge in [-0.25, -0.2) is 9.97 Å². The summed E-state index contributed by atoms with van der Waals surface area (Å²) in [5.41, 5.74) is 2.14. The largest absolute Gasteiger partial charge is 0.497 e. The summed E-state index contributed by atoms with van der Waals surface area (Å²) >= 11 is 0. The van der Waals surface area contributed by atoms with E-state index in [-0.39, 0.29) is 17.9 Å². The maximum atomic E-state index is 13.0. The minimum atomic E-state index is -0.213. The van der Waals surface area contributed by atoms with Crippen LogP contribution in [0.3, 0.4) is 0 Å². The normalized spacial score (nSPS) is 16.6. The number of nitrogens with zero attached hydrogens (tertiary/aromatic N) is 4. The number of hydrogen-bond acceptors (Lipinski definition) is 6. The molecule has 8 heteroatoms. The molecule has 1 atom stereocenters. The van der Waals surface area contributed by atoms with Crippen molar-refractivity contribution in [2.75, 3.05) is 34.3 Å². The van der Waals surface area contributed by atoms with Crippen LogP contribution < -0.4 is 10.1 Å². The lowest BCUT2D eigenvalue weighted by atomic mass is 9.96. The Kier molecular flexibility index (Phi) is 7.57. The predicted octanol–water partition coefficient (Wildman–Crippen LogP) is 2.34. The van der Waals surface area contributed by atoms with Crippen molar-refractivity contribution in [3.63, 3.8) is 0 Å². The average Bonchev–Trinajstić information content (AvgIpc) is 2.78. The number of piperidine rings is 1. The van der Waals surface area contributed by atoms with Crippen molar-refractivity contribution < 1.29 is 14.3 Å². The summed E-state index contributed by atoms with van der Waals surface area (Å²) in [6.07, 6.45) is 4.52. The van der Waals surface area contributed by atoms with Crippen LogP contribution in [0.25, 0.3) is 0 Å². The maximum absolute atomic E-state index is 13.0. The third-order valence-corrected chi connectivity index (χ3v) is 5.56. The van der Waals surface area contributed by atoms with E-state index in [1.54, 1.807) is 32.3 Å². The molecule has 1 unspecified atom stereocenters. The third kappa shape index (κ3) is 5.79. The van der Waals surface area contributed by atoms with Gasteiger partial charge in [0.2, 0.25) is 5.91 Å². The fraction of sp³-hybridized carbons (Fsp3) is 0.478. The lowest BCUT2D eigenvalue weighted by molar-refractivity contribution is -0.130. The predicted molar refractivity (Wildman–Crippen MR) is 118 cm³/mol. The molecule has 0 saturated carbocycles. The summed E-state index contributed by atoms with van der Waals surface area (Å²) in [6.45, 7) is 3.33. The Morgan fingerprint density at radius 1 is 1.23 bits per heavy atom. The van der Waals surface area contributed by atoms with Gasteiger partial charge in [-0.1, -0.05) is 18.6 Å². The van der Waals surface area contributed by atoms with Crippen molar-refractivity contribution in [2.24, 2.45) is 0 Å². The van der Waals surface area contributed by atoms with Gasteiger partial charge in [-0.15, -0.1) is 0 Å². The molecule has 3 rings (SSSR count). The van der Waals surface area contributed by atoms with Crippen molar-refractivity contribution in [1.82, 2.24) is 25.1 Å². The summed E-state index contributed by atoms with van der Waals surface area (Å²) in [5.74, 6) is 1.22. The molecule has 1 fully saturated rings. The fourth-order valence-electron chi connectivity index (χ4n) is 3.74. The standard InChI is InChI=1S/C23H31N5O3/c1-16-24-14-19(23(30)25-13-17-8-10-18(31-4)11-9-17)22(26-16)20-7-5-6-12-28(20)15-21(29)27(2)3/h8-11,14,20H,5-7,12-13,15H2,1-4H3,(H,25,30). The molecule has 8 nitrogen and oxygen atoms in total. The first-order chi connectivity index (χ1) is 14.9. The van der Waals surface area contributed by atoms with Gasteiger partial charge in [0, 0.05) is 26.8 Å². The Labute approximate surface area is 183 Å². The molecule has 1 N–H and O–H groups in total. The molecule has 1 saturated heterocycles. The Hall–Kier alpha value is -3.00. The smallest absolute Gasteiger partial charge is 0.255 e. The molecule has 0 radical (unpaired) electrons. The minimum absolute atomic E-state index is 0.0446. The van der Waals surface area contributed by atoms with Crippen molar-refractivity contribution in [1.29, 1.82) is 0 Å². The molecule has 0 aliphatic carbocycles. The van der Waals surface area contributed by atoms with Crippen molar-refractivity contribution >= 4 is 11.8 Å². The van der Waals surface area contributed by atoms with Gasteiger partial charge in [-0.2, -0.15) is 0 Å². The van der Waals surface area contributed by atoms with Crippen LogP contribution in [0.5, 0.6) is 5.75 Å². The van der Waals surface area contributed by atoms with Crippen LogP contribution in [0.1, 0.15) is 52.7 Å². The number of hydrogen-bond donors (Lipinski definition) is 1. The Morgan fingerprint density at radius 3 is 2.65 bits per heavy atom. The number of likely N-dealkylation sites (N-methyl/N-ethyl adjacent to an activating group) is 1. The second kappa shape index (κ2) is 10.3. The van der Waals surface area contributed by atoms with Crippen LogP contribution in [0, 0.1) is 6.92 Å². The van der Waals surface area contributed by atoms with Crippen LogP contribution in [-0.4, -0.2) is 65.9 Å². The Morgan fingerprint density at radius 2 is 1.97 bits per heavy atom. The molecule has 2 heterocycles. The van der Waals surface area contributed by atoms with Gasteiger partial charge in [0.25, 0.3) is 5.91 Å². The van der Waals surface area contributed by atoms with Gasteiger partial charge >= 0.3 is 0 Å². The van der Waals surface area contributed by atoms with E-state index in [1.165, 1.54) is 0 Å². The highest BCUT2D eigenvalue weighted by molar-refractivity contribution is 5.95. The summed E-state index contributed by atoms with van der Waals surface area (Å²) in [4.78, 5) is 38.0.